The quantitative estimate of drug-likeness (QED) is 0.480. The zero-order chi connectivity index (χ0) is 16.5. The van der Waals surface area contributed by atoms with E-state index in [9.17, 15) is 4.79 Å². The van der Waals surface area contributed by atoms with Gasteiger partial charge >= 0.3 is 0 Å². The Morgan fingerprint density at radius 2 is 2.04 bits per heavy atom. The Balaban J connectivity index is 1.72. The molecule has 0 fully saturated rings. The number of hydrogen-bond acceptors (Lipinski definition) is 4. The molecule has 1 N–H and O–H groups in total. The molecule has 0 radical (unpaired) electrons. The Morgan fingerprint density at radius 1 is 1.26 bits per heavy atom. The van der Waals surface area contributed by atoms with Crippen molar-refractivity contribution in [3.8, 4) is 5.75 Å². The van der Waals surface area contributed by atoms with Crippen molar-refractivity contribution in [2.45, 2.75) is 18.2 Å². The van der Waals surface area contributed by atoms with Crippen LogP contribution in [0.1, 0.15) is 17.5 Å². The van der Waals surface area contributed by atoms with Crippen LogP contribution in [0.15, 0.2) is 58.5 Å². The highest BCUT2D eigenvalue weighted by Gasteiger charge is 2.01. The number of nitrogens with zero attached hydrogens (tertiary/aromatic N) is 1. The number of carbonyl (C=O) groups excluding carboxylic acids is 1. The van der Waals surface area contributed by atoms with E-state index in [0.717, 1.165) is 17.1 Å². The summed E-state index contributed by atoms with van der Waals surface area (Å²) in [6.07, 6.45) is 2.03. The Morgan fingerprint density at radius 3 is 2.78 bits per heavy atom. The standard InChI is InChI=1S/C18H20N2O2S/c1-14-6-8-17(9-7-14)23-11-10-18(21)20-19-13-15-4-3-5-16(12-15)22-2/h3-9,12-13H,10-11H2,1-2H3,(H,20,21)/b19-13-. The molecule has 0 bridgehead atoms. The average molecular weight is 328 g/mol. The second-order valence-corrected chi connectivity index (χ2v) is 6.15. The molecule has 0 aliphatic heterocycles. The van der Waals surface area contributed by atoms with Gasteiger partial charge in [-0.05, 0) is 36.8 Å². The SMILES string of the molecule is COc1cccc(/C=N\NC(=O)CCSc2ccc(C)cc2)c1. The minimum atomic E-state index is -0.0937. The third-order valence-corrected chi connectivity index (χ3v) is 4.13. The highest BCUT2D eigenvalue weighted by Crippen LogP contribution is 2.18. The normalized spacial score (nSPS) is 10.7. The largest absolute Gasteiger partial charge is 0.497 e. The van der Waals surface area contributed by atoms with Crippen molar-refractivity contribution in [3.05, 3.63) is 59.7 Å². The highest BCUT2D eigenvalue weighted by atomic mass is 32.2. The van der Waals surface area contributed by atoms with Crippen molar-refractivity contribution in [2.75, 3.05) is 12.9 Å². The number of amides is 1. The maximum atomic E-state index is 11.7. The van der Waals surface area contributed by atoms with Crippen molar-refractivity contribution >= 4 is 23.9 Å². The number of aryl methyl sites for hydroxylation is 1. The molecule has 2 aromatic carbocycles. The van der Waals surface area contributed by atoms with Crippen LogP contribution >= 0.6 is 11.8 Å². The summed E-state index contributed by atoms with van der Waals surface area (Å²) in [6, 6.07) is 15.8. The van der Waals surface area contributed by atoms with Crippen LogP contribution in [0, 0.1) is 6.92 Å². The number of carbonyl (C=O) groups is 1. The molecule has 0 saturated heterocycles. The molecule has 0 aromatic heterocycles. The lowest BCUT2D eigenvalue weighted by Gasteiger charge is -2.02. The summed E-state index contributed by atoms with van der Waals surface area (Å²) in [5.41, 5.74) is 4.65. The van der Waals surface area contributed by atoms with Crippen molar-refractivity contribution in [2.24, 2.45) is 5.10 Å². The van der Waals surface area contributed by atoms with Gasteiger partial charge in [0.1, 0.15) is 5.75 Å². The van der Waals surface area contributed by atoms with Crippen LogP contribution in [0.25, 0.3) is 0 Å². The smallest absolute Gasteiger partial charge is 0.240 e. The molecule has 0 atom stereocenters. The fourth-order valence-corrected chi connectivity index (χ4v) is 2.70. The molecule has 0 heterocycles. The summed E-state index contributed by atoms with van der Waals surface area (Å²) >= 11 is 1.66. The number of hydrazone groups is 1. The van der Waals surface area contributed by atoms with E-state index < -0.39 is 0 Å². The van der Waals surface area contributed by atoms with Gasteiger partial charge in [-0.2, -0.15) is 5.10 Å². The van der Waals surface area contributed by atoms with E-state index in [1.54, 1.807) is 25.1 Å². The summed E-state index contributed by atoms with van der Waals surface area (Å²) in [4.78, 5) is 12.9. The van der Waals surface area contributed by atoms with E-state index >= 15 is 0 Å². The van der Waals surface area contributed by atoms with E-state index in [0.29, 0.717) is 6.42 Å². The number of nitrogens with one attached hydrogen (secondary N) is 1. The van der Waals surface area contributed by atoms with Crippen molar-refractivity contribution in [3.63, 3.8) is 0 Å². The van der Waals surface area contributed by atoms with Crippen LogP contribution in [0.4, 0.5) is 0 Å². The highest BCUT2D eigenvalue weighted by molar-refractivity contribution is 7.99. The first-order valence-electron chi connectivity index (χ1n) is 7.33. The number of benzene rings is 2. The van der Waals surface area contributed by atoms with Crippen LogP contribution in [-0.2, 0) is 4.79 Å². The average Bonchev–Trinajstić information content (AvgIpc) is 2.57. The predicted molar refractivity (Wildman–Crippen MR) is 95.3 cm³/mol. The van der Waals surface area contributed by atoms with Gasteiger partial charge in [0.15, 0.2) is 0 Å². The molecule has 120 valence electrons. The second-order valence-electron chi connectivity index (χ2n) is 4.98. The van der Waals surface area contributed by atoms with Crippen LogP contribution in [-0.4, -0.2) is 25.0 Å². The summed E-state index contributed by atoms with van der Waals surface area (Å²) in [7, 11) is 1.61. The molecule has 0 saturated carbocycles. The maximum Gasteiger partial charge on any atom is 0.240 e. The number of hydrogen-bond donors (Lipinski definition) is 1. The monoisotopic (exact) mass is 328 g/mol. The van der Waals surface area contributed by atoms with E-state index in [4.69, 9.17) is 4.74 Å². The van der Waals surface area contributed by atoms with Crippen LogP contribution in [0.2, 0.25) is 0 Å². The van der Waals surface area contributed by atoms with E-state index in [-0.39, 0.29) is 5.91 Å². The Labute approximate surface area is 140 Å². The molecule has 1 amide bonds. The first-order valence-corrected chi connectivity index (χ1v) is 8.31. The van der Waals surface area contributed by atoms with E-state index in [1.807, 2.05) is 24.3 Å². The van der Waals surface area contributed by atoms with E-state index in [2.05, 4.69) is 41.7 Å². The minimum Gasteiger partial charge on any atom is -0.497 e. The molecule has 4 nitrogen and oxygen atoms in total. The summed E-state index contributed by atoms with van der Waals surface area (Å²) in [5, 5.41) is 3.96. The third kappa shape index (κ3) is 6.16. The lowest BCUT2D eigenvalue weighted by atomic mass is 10.2. The molecule has 0 aliphatic rings. The Hall–Kier alpha value is -2.27. The molecular formula is C18H20N2O2S. The van der Waals surface area contributed by atoms with Crippen molar-refractivity contribution < 1.29 is 9.53 Å². The molecule has 2 rings (SSSR count). The Bertz CT molecular complexity index is 669. The zero-order valence-corrected chi connectivity index (χ0v) is 14.1. The summed E-state index contributed by atoms with van der Waals surface area (Å²) in [5.74, 6) is 1.39. The van der Waals surface area contributed by atoms with Gasteiger partial charge in [-0.3, -0.25) is 4.79 Å². The van der Waals surface area contributed by atoms with Gasteiger partial charge in [0.05, 0.1) is 13.3 Å². The molecule has 0 aliphatic carbocycles. The molecule has 5 heteroatoms. The van der Waals surface area contributed by atoms with Crippen LogP contribution in [0.3, 0.4) is 0 Å². The third-order valence-electron chi connectivity index (χ3n) is 3.12. The minimum absolute atomic E-state index is 0.0937. The maximum absolute atomic E-state index is 11.7. The Kier molecular flexibility index (Phi) is 6.69. The van der Waals surface area contributed by atoms with Gasteiger partial charge in [-0.15, -0.1) is 11.8 Å². The molecule has 23 heavy (non-hydrogen) atoms. The first-order chi connectivity index (χ1) is 11.2. The molecule has 2 aromatic rings. The van der Waals surface area contributed by atoms with Gasteiger partial charge in [-0.1, -0.05) is 29.8 Å². The number of rotatable bonds is 7. The van der Waals surface area contributed by atoms with E-state index in [1.165, 1.54) is 10.5 Å². The van der Waals surface area contributed by atoms with Crippen molar-refractivity contribution in [1.29, 1.82) is 0 Å². The lowest BCUT2D eigenvalue weighted by Crippen LogP contribution is -2.17. The zero-order valence-electron chi connectivity index (χ0n) is 13.3. The first kappa shape index (κ1) is 17.1. The number of ether oxygens (including phenoxy) is 1. The van der Waals surface area contributed by atoms with Crippen LogP contribution < -0.4 is 10.2 Å². The topological polar surface area (TPSA) is 50.7 Å². The predicted octanol–water partition coefficient (Wildman–Crippen LogP) is 3.64. The number of methoxy groups -OCH3 is 1. The van der Waals surface area contributed by atoms with Crippen LogP contribution in [0.5, 0.6) is 5.75 Å². The number of thioether (sulfide) groups is 1. The second kappa shape index (κ2) is 9.00. The van der Waals surface area contributed by atoms with Gasteiger partial charge in [-0.25, -0.2) is 5.43 Å². The van der Waals surface area contributed by atoms with Gasteiger partial charge < -0.3 is 4.74 Å². The van der Waals surface area contributed by atoms with Gasteiger partial charge in [0.2, 0.25) is 5.91 Å². The fraction of sp³-hybridized carbons (Fsp3) is 0.222. The molecule has 0 spiro atoms. The summed E-state index contributed by atoms with van der Waals surface area (Å²) < 4.78 is 5.13. The molecular weight excluding hydrogens is 308 g/mol. The fourth-order valence-electron chi connectivity index (χ4n) is 1.85. The van der Waals surface area contributed by atoms with Gasteiger partial charge in [0.25, 0.3) is 0 Å². The molecule has 0 unspecified atom stereocenters. The summed E-state index contributed by atoms with van der Waals surface area (Å²) in [6.45, 7) is 2.06. The van der Waals surface area contributed by atoms with Gasteiger partial charge in [0, 0.05) is 17.1 Å². The van der Waals surface area contributed by atoms with Crippen molar-refractivity contribution in [1.82, 2.24) is 5.43 Å². The lowest BCUT2D eigenvalue weighted by molar-refractivity contribution is -0.120.